The number of amides is 2. The van der Waals surface area contributed by atoms with Crippen LogP contribution in [0.2, 0.25) is 0 Å². The van der Waals surface area contributed by atoms with Crippen molar-refractivity contribution in [3.8, 4) is 5.75 Å². The lowest BCUT2D eigenvalue weighted by atomic mass is 10.1. The summed E-state index contributed by atoms with van der Waals surface area (Å²) in [6, 6.07) is 5.48. The molecule has 1 unspecified atom stereocenters. The minimum absolute atomic E-state index is 0.0493. The Morgan fingerprint density at radius 1 is 1.23 bits per heavy atom. The van der Waals surface area contributed by atoms with E-state index < -0.39 is 0 Å². The average Bonchev–Trinajstić information content (AvgIpc) is 2.61. The summed E-state index contributed by atoms with van der Waals surface area (Å²) in [5.41, 5.74) is 1.76. The van der Waals surface area contributed by atoms with E-state index in [2.05, 4.69) is 15.1 Å². The molecule has 0 spiro atoms. The number of likely N-dealkylation sites (N-methyl/N-ethyl adjacent to an activating group) is 1. The van der Waals surface area contributed by atoms with Crippen LogP contribution in [0.15, 0.2) is 18.2 Å². The number of piperazine rings is 1. The lowest BCUT2D eigenvalue weighted by molar-refractivity contribution is -0.131. The number of nitrogens with one attached hydrogen (secondary N) is 1. The molecule has 1 aliphatic rings. The third-order valence-electron chi connectivity index (χ3n) is 4.80. The Balaban J connectivity index is 1.90. The molecule has 1 aromatic carbocycles. The molecule has 1 aromatic rings. The lowest BCUT2D eigenvalue weighted by Crippen LogP contribution is -2.54. The highest BCUT2D eigenvalue weighted by Gasteiger charge is 2.27. The summed E-state index contributed by atoms with van der Waals surface area (Å²) in [6.07, 6.45) is 0. The number of carbonyl (C=O) groups is 2. The molecule has 0 radical (unpaired) electrons. The quantitative estimate of drug-likeness (QED) is 0.819. The second-order valence-corrected chi connectivity index (χ2v) is 6.97. The number of aryl methyl sites for hydroxylation is 1. The van der Waals surface area contributed by atoms with Crippen molar-refractivity contribution >= 4 is 17.5 Å². The van der Waals surface area contributed by atoms with Gasteiger partial charge in [-0.3, -0.25) is 19.4 Å². The van der Waals surface area contributed by atoms with E-state index in [0.717, 1.165) is 31.7 Å². The maximum atomic E-state index is 12.7. The van der Waals surface area contributed by atoms with Crippen LogP contribution in [0.4, 0.5) is 5.69 Å². The van der Waals surface area contributed by atoms with Crippen LogP contribution in [0.1, 0.15) is 12.5 Å². The maximum absolute atomic E-state index is 12.7. The Bertz CT molecular complexity index is 640. The average molecular weight is 362 g/mol. The first-order chi connectivity index (χ1) is 12.3. The van der Waals surface area contributed by atoms with E-state index in [1.54, 1.807) is 26.1 Å². The Labute approximate surface area is 155 Å². The van der Waals surface area contributed by atoms with E-state index >= 15 is 0 Å². The molecule has 144 valence electrons. The topological polar surface area (TPSA) is 65.1 Å². The minimum Gasteiger partial charge on any atom is -0.495 e. The van der Waals surface area contributed by atoms with Gasteiger partial charge in [-0.1, -0.05) is 6.07 Å². The van der Waals surface area contributed by atoms with Gasteiger partial charge in [0.05, 0.1) is 25.4 Å². The Kier molecular flexibility index (Phi) is 6.99. The molecule has 0 aliphatic carbocycles. The maximum Gasteiger partial charge on any atom is 0.241 e. The molecule has 0 saturated carbocycles. The zero-order chi connectivity index (χ0) is 19.3. The number of methoxy groups -OCH3 is 1. The van der Waals surface area contributed by atoms with Gasteiger partial charge in [-0.25, -0.2) is 0 Å². The van der Waals surface area contributed by atoms with Crippen molar-refractivity contribution in [2.45, 2.75) is 19.9 Å². The molecule has 1 heterocycles. The van der Waals surface area contributed by atoms with Crippen LogP contribution in [0.3, 0.4) is 0 Å². The van der Waals surface area contributed by atoms with Crippen molar-refractivity contribution in [3.05, 3.63) is 23.8 Å². The van der Waals surface area contributed by atoms with Gasteiger partial charge < -0.3 is 15.0 Å². The van der Waals surface area contributed by atoms with Gasteiger partial charge in [0.25, 0.3) is 0 Å². The van der Waals surface area contributed by atoms with Crippen LogP contribution >= 0.6 is 0 Å². The van der Waals surface area contributed by atoms with E-state index in [4.69, 9.17) is 4.74 Å². The lowest BCUT2D eigenvalue weighted by Gasteiger charge is -2.37. The molecular weight excluding hydrogens is 332 g/mol. The van der Waals surface area contributed by atoms with Crippen LogP contribution in [0, 0.1) is 6.92 Å². The summed E-state index contributed by atoms with van der Waals surface area (Å²) in [6.45, 7) is 7.42. The van der Waals surface area contributed by atoms with Crippen molar-refractivity contribution in [2.75, 3.05) is 59.2 Å². The van der Waals surface area contributed by atoms with Crippen molar-refractivity contribution in [1.82, 2.24) is 14.7 Å². The number of anilines is 1. The second kappa shape index (κ2) is 9.00. The fourth-order valence-corrected chi connectivity index (χ4v) is 2.96. The van der Waals surface area contributed by atoms with Gasteiger partial charge in [0.2, 0.25) is 11.8 Å². The predicted octanol–water partition coefficient (Wildman–Crippen LogP) is 1.04. The third-order valence-corrected chi connectivity index (χ3v) is 4.80. The summed E-state index contributed by atoms with van der Waals surface area (Å²) in [5, 5.41) is 2.98. The molecule has 2 rings (SSSR count). The summed E-state index contributed by atoms with van der Waals surface area (Å²) < 4.78 is 5.33. The molecule has 2 amide bonds. The first-order valence-corrected chi connectivity index (χ1v) is 8.94. The van der Waals surface area contributed by atoms with Crippen LogP contribution in [0.25, 0.3) is 0 Å². The van der Waals surface area contributed by atoms with Crippen LogP contribution in [-0.4, -0.2) is 86.5 Å². The van der Waals surface area contributed by atoms with Gasteiger partial charge in [-0.2, -0.15) is 0 Å². The molecule has 7 heteroatoms. The number of rotatable bonds is 6. The summed E-state index contributed by atoms with van der Waals surface area (Å²) in [5.74, 6) is 0.714. The molecule has 0 aromatic heterocycles. The smallest absolute Gasteiger partial charge is 0.241 e. The van der Waals surface area contributed by atoms with Crippen molar-refractivity contribution in [3.63, 3.8) is 0 Å². The third kappa shape index (κ3) is 5.19. The Morgan fingerprint density at radius 3 is 2.46 bits per heavy atom. The number of carbonyl (C=O) groups excluding carboxylic acids is 2. The highest BCUT2D eigenvalue weighted by atomic mass is 16.5. The monoisotopic (exact) mass is 362 g/mol. The summed E-state index contributed by atoms with van der Waals surface area (Å²) >= 11 is 0. The fraction of sp³-hybridized carbons (Fsp3) is 0.579. The van der Waals surface area contributed by atoms with Gasteiger partial charge in [-0.15, -0.1) is 0 Å². The van der Waals surface area contributed by atoms with Crippen molar-refractivity contribution in [1.29, 1.82) is 0 Å². The zero-order valence-corrected chi connectivity index (χ0v) is 16.4. The Morgan fingerprint density at radius 2 is 1.88 bits per heavy atom. The normalized spacial score (nSPS) is 16.8. The fourth-order valence-electron chi connectivity index (χ4n) is 2.96. The number of ether oxygens (including phenoxy) is 1. The molecule has 7 nitrogen and oxygen atoms in total. The van der Waals surface area contributed by atoms with E-state index in [-0.39, 0.29) is 17.9 Å². The molecule has 1 saturated heterocycles. The van der Waals surface area contributed by atoms with Crippen molar-refractivity contribution in [2.24, 2.45) is 0 Å². The van der Waals surface area contributed by atoms with Crippen LogP contribution in [-0.2, 0) is 9.59 Å². The largest absolute Gasteiger partial charge is 0.495 e. The van der Waals surface area contributed by atoms with Gasteiger partial charge >= 0.3 is 0 Å². The number of nitrogens with zero attached hydrogens (tertiary/aromatic N) is 3. The first kappa shape index (κ1) is 20.2. The second-order valence-electron chi connectivity index (χ2n) is 6.97. The van der Waals surface area contributed by atoms with E-state index in [1.165, 1.54) is 0 Å². The molecule has 1 aliphatic heterocycles. The van der Waals surface area contributed by atoms with E-state index in [0.29, 0.717) is 18.0 Å². The highest BCUT2D eigenvalue weighted by Crippen LogP contribution is 2.25. The molecule has 1 atom stereocenters. The highest BCUT2D eigenvalue weighted by molar-refractivity contribution is 5.96. The van der Waals surface area contributed by atoms with Gasteiger partial charge in [0.15, 0.2) is 0 Å². The predicted molar refractivity (Wildman–Crippen MR) is 103 cm³/mol. The van der Waals surface area contributed by atoms with Gasteiger partial charge in [-0.05, 0) is 31.5 Å². The van der Waals surface area contributed by atoms with Crippen LogP contribution < -0.4 is 10.1 Å². The molecule has 26 heavy (non-hydrogen) atoms. The first-order valence-electron chi connectivity index (χ1n) is 8.94. The molecule has 1 N–H and O–H groups in total. The van der Waals surface area contributed by atoms with E-state index in [1.807, 2.05) is 32.0 Å². The molecule has 0 bridgehead atoms. The number of benzene rings is 1. The van der Waals surface area contributed by atoms with Crippen molar-refractivity contribution < 1.29 is 14.3 Å². The minimum atomic E-state index is -0.244. The van der Waals surface area contributed by atoms with Crippen LogP contribution in [0.5, 0.6) is 5.75 Å². The number of hydrogen-bond donors (Lipinski definition) is 1. The van der Waals surface area contributed by atoms with Gasteiger partial charge in [0, 0.05) is 40.3 Å². The van der Waals surface area contributed by atoms with E-state index in [9.17, 15) is 9.59 Å². The standard InChI is InChI=1S/C19H30N4O3/c1-14-6-7-17(26-5)16(12-14)20-19(25)15(2)23-10-8-22(9-11-23)13-18(24)21(3)4/h6-7,12,15H,8-11,13H2,1-5H3,(H,20,25). The Hall–Kier alpha value is -2.12. The SMILES string of the molecule is COc1ccc(C)cc1NC(=O)C(C)N1CCN(CC(=O)N(C)C)CC1. The van der Waals surface area contributed by atoms with Gasteiger partial charge in [0.1, 0.15) is 5.75 Å². The molecular formula is C19H30N4O3. The summed E-state index contributed by atoms with van der Waals surface area (Å²) in [7, 11) is 5.13. The number of hydrogen-bond acceptors (Lipinski definition) is 5. The zero-order valence-electron chi connectivity index (χ0n) is 16.4. The summed E-state index contributed by atoms with van der Waals surface area (Å²) in [4.78, 5) is 30.4. The molecule has 1 fully saturated rings.